The first-order chi connectivity index (χ1) is 9.94. The minimum absolute atomic E-state index is 0.131. The first kappa shape index (κ1) is 16.1. The Labute approximate surface area is 130 Å². The van der Waals surface area contributed by atoms with Gasteiger partial charge in [-0.2, -0.15) is 4.98 Å². The maximum atomic E-state index is 12.3. The van der Waals surface area contributed by atoms with Crippen LogP contribution in [0.5, 0.6) is 0 Å². The lowest BCUT2D eigenvalue weighted by atomic mass is 10.2. The van der Waals surface area contributed by atoms with E-state index in [0.717, 1.165) is 0 Å². The van der Waals surface area contributed by atoms with Crippen LogP contribution < -0.4 is 4.72 Å². The summed E-state index contributed by atoms with van der Waals surface area (Å²) in [5, 5.41) is 12.6. The fourth-order valence-corrected chi connectivity index (χ4v) is 3.74. The predicted octanol–water partition coefficient (Wildman–Crippen LogP) is 1.15. The van der Waals surface area contributed by atoms with Gasteiger partial charge in [-0.05, 0) is 30.2 Å². The van der Waals surface area contributed by atoms with Crippen molar-refractivity contribution in [2.75, 3.05) is 6.54 Å². The summed E-state index contributed by atoms with van der Waals surface area (Å²) in [5.74, 6) is 0.361. The number of aromatic nitrogens is 2. The van der Waals surface area contributed by atoms with Crippen LogP contribution in [0.3, 0.4) is 0 Å². The van der Waals surface area contributed by atoms with Gasteiger partial charge in [-0.25, -0.2) is 13.1 Å². The number of hydrogen-bond donors (Lipinski definition) is 2. The largest absolute Gasteiger partial charge is 0.392 e. The van der Waals surface area contributed by atoms with Crippen LogP contribution in [0.4, 0.5) is 0 Å². The second-order valence-corrected chi connectivity index (χ2v) is 6.93. The van der Waals surface area contributed by atoms with Gasteiger partial charge in [-0.15, -0.1) is 0 Å². The Balaban J connectivity index is 2.17. The molecular weight excluding hydrogens is 362 g/mol. The van der Waals surface area contributed by atoms with Crippen LogP contribution in [-0.2, 0) is 23.1 Å². The van der Waals surface area contributed by atoms with Gasteiger partial charge < -0.3 is 9.63 Å². The maximum Gasteiger partial charge on any atom is 0.240 e. The average molecular weight is 376 g/mol. The molecular formula is C12H14BrN3O4S. The zero-order valence-electron chi connectivity index (χ0n) is 11.2. The molecule has 2 aromatic rings. The third kappa shape index (κ3) is 3.88. The number of aliphatic hydroxyl groups is 1. The van der Waals surface area contributed by atoms with E-state index < -0.39 is 10.0 Å². The van der Waals surface area contributed by atoms with Crippen LogP contribution in [0, 0.1) is 6.92 Å². The lowest BCUT2D eigenvalue weighted by Crippen LogP contribution is -2.27. The van der Waals surface area contributed by atoms with E-state index in [-0.39, 0.29) is 18.0 Å². The minimum atomic E-state index is -3.68. The summed E-state index contributed by atoms with van der Waals surface area (Å²) in [7, 11) is -3.68. The van der Waals surface area contributed by atoms with Crippen LogP contribution in [0.1, 0.15) is 17.0 Å². The summed E-state index contributed by atoms with van der Waals surface area (Å²) >= 11 is 3.29. The van der Waals surface area contributed by atoms with Gasteiger partial charge >= 0.3 is 0 Å². The molecule has 0 aliphatic heterocycles. The summed E-state index contributed by atoms with van der Waals surface area (Å²) in [6, 6.07) is 3.14. The van der Waals surface area contributed by atoms with E-state index >= 15 is 0 Å². The number of nitrogens with one attached hydrogen (secondary N) is 1. The zero-order valence-corrected chi connectivity index (χ0v) is 13.6. The highest BCUT2D eigenvalue weighted by Gasteiger charge is 2.19. The van der Waals surface area contributed by atoms with E-state index in [2.05, 4.69) is 30.8 Å². The molecule has 7 nitrogen and oxygen atoms in total. The maximum absolute atomic E-state index is 12.3. The summed E-state index contributed by atoms with van der Waals surface area (Å²) in [4.78, 5) is 3.95. The highest BCUT2D eigenvalue weighted by molar-refractivity contribution is 9.10. The lowest BCUT2D eigenvalue weighted by molar-refractivity contribution is 0.281. The Bertz CT molecular complexity index is 716. The van der Waals surface area contributed by atoms with Crippen molar-refractivity contribution in [3.63, 3.8) is 0 Å². The molecule has 0 aliphatic carbocycles. The van der Waals surface area contributed by atoms with Gasteiger partial charge in [0.25, 0.3) is 0 Å². The minimum Gasteiger partial charge on any atom is -0.392 e. The van der Waals surface area contributed by atoms with E-state index in [1.54, 1.807) is 13.0 Å². The molecule has 114 valence electrons. The molecule has 0 atom stereocenters. The van der Waals surface area contributed by atoms with Crippen molar-refractivity contribution in [1.29, 1.82) is 0 Å². The van der Waals surface area contributed by atoms with Crippen LogP contribution in [0.2, 0.25) is 0 Å². The van der Waals surface area contributed by atoms with Gasteiger partial charge in [0.15, 0.2) is 6.33 Å². The fourth-order valence-electron chi connectivity index (χ4n) is 1.75. The van der Waals surface area contributed by atoms with Crippen molar-refractivity contribution in [2.45, 2.75) is 24.8 Å². The van der Waals surface area contributed by atoms with Crippen LogP contribution in [-0.4, -0.2) is 30.2 Å². The SMILES string of the molecule is Cc1c(Br)cc(CO)cc1S(=O)(=O)NCCc1ncno1. The van der Waals surface area contributed by atoms with E-state index in [9.17, 15) is 13.5 Å². The molecule has 1 heterocycles. The molecule has 0 amide bonds. The average Bonchev–Trinajstić information content (AvgIpc) is 2.94. The van der Waals surface area contributed by atoms with Gasteiger partial charge in [-0.3, -0.25) is 0 Å². The van der Waals surface area contributed by atoms with Crippen molar-refractivity contribution >= 4 is 26.0 Å². The smallest absolute Gasteiger partial charge is 0.240 e. The van der Waals surface area contributed by atoms with Gasteiger partial charge in [0.05, 0.1) is 11.5 Å². The van der Waals surface area contributed by atoms with E-state index in [1.807, 2.05) is 0 Å². The highest BCUT2D eigenvalue weighted by atomic mass is 79.9. The number of aliphatic hydroxyl groups excluding tert-OH is 1. The number of nitrogens with zero attached hydrogens (tertiary/aromatic N) is 2. The first-order valence-corrected chi connectivity index (χ1v) is 8.37. The van der Waals surface area contributed by atoms with E-state index in [1.165, 1.54) is 12.4 Å². The molecule has 0 spiro atoms. The van der Waals surface area contributed by atoms with E-state index in [4.69, 9.17) is 4.52 Å². The standard InChI is InChI=1S/C12H14BrN3O4S/c1-8-10(13)4-9(6-17)5-11(8)21(18,19)16-3-2-12-14-7-15-20-12/h4-5,7,16-17H,2-3,6H2,1H3. The van der Waals surface area contributed by atoms with Crippen LogP contribution in [0.15, 0.2) is 32.4 Å². The molecule has 1 aromatic heterocycles. The Morgan fingerprint density at radius 3 is 2.81 bits per heavy atom. The molecule has 1 aromatic carbocycles. The number of halogens is 1. The summed E-state index contributed by atoms with van der Waals surface area (Å²) in [5.41, 5.74) is 1.10. The van der Waals surface area contributed by atoms with Crippen molar-refractivity contribution in [1.82, 2.24) is 14.9 Å². The molecule has 0 saturated carbocycles. The number of rotatable bonds is 6. The first-order valence-electron chi connectivity index (χ1n) is 6.09. The topological polar surface area (TPSA) is 105 Å². The summed E-state index contributed by atoms with van der Waals surface area (Å²) in [6.45, 7) is 1.60. The Morgan fingerprint density at radius 2 is 2.19 bits per heavy atom. The zero-order chi connectivity index (χ0) is 15.5. The van der Waals surface area contributed by atoms with Crippen molar-refractivity contribution in [3.05, 3.63) is 40.0 Å². The summed E-state index contributed by atoms with van der Waals surface area (Å²) in [6.07, 6.45) is 1.56. The van der Waals surface area contributed by atoms with Crippen molar-refractivity contribution < 1.29 is 18.0 Å². The van der Waals surface area contributed by atoms with Gasteiger partial charge in [0, 0.05) is 17.4 Å². The monoisotopic (exact) mass is 375 g/mol. The Kier molecular flexibility index (Phi) is 5.09. The second kappa shape index (κ2) is 6.65. The number of hydrogen-bond acceptors (Lipinski definition) is 6. The van der Waals surface area contributed by atoms with Crippen LogP contribution in [0.25, 0.3) is 0 Å². The van der Waals surface area contributed by atoms with Crippen LogP contribution >= 0.6 is 15.9 Å². The number of benzene rings is 1. The highest BCUT2D eigenvalue weighted by Crippen LogP contribution is 2.25. The van der Waals surface area contributed by atoms with Crippen molar-refractivity contribution in [3.8, 4) is 0 Å². The Morgan fingerprint density at radius 1 is 1.43 bits per heavy atom. The molecule has 0 fully saturated rings. The quantitative estimate of drug-likeness (QED) is 0.784. The third-order valence-electron chi connectivity index (χ3n) is 2.87. The summed E-state index contributed by atoms with van der Waals surface area (Å²) < 4.78 is 32.5. The molecule has 2 rings (SSSR count). The molecule has 0 unspecified atom stereocenters. The predicted molar refractivity (Wildman–Crippen MR) is 78.0 cm³/mol. The molecule has 9 heteroatoms. The van der Waals surface area contributed by atoms with Gasteiger partial charge in [0.1, 0.15) is 0 Å². The van der Waals surface area contributed by atoms with Crippen molar-refractivity contribution in [2.24, 2.45) is 0 Å². The fraction of sp³-hybridized carbons (Fsp3) is 0.333. The molecule has 21 heavy (non-hydrogen) atoms. The molecule has 0 saturated heterocycles. The van der Waals surface area contributed by atoms with Gasteiger partial charge in [-0.1, -0.05) is 21.1 Å². The normalized spacial score (nSPS) is 11.8. The van der Waals surface area contributed by atoms with Gasteiger partial charge in [0.2, 0.25) is 15.9 Å². The number of sulfonamides is 1. The molecule has 0 aliphatic rings. The lowest BCUT2D eigenvalue weighted by Gasteiger charge is -2.11. The third-order valence-corrected chi connectivity index (χ3v) is 5.28. The molecule has 2 N–H and O–H groups in total. The molecule has 0 radical (unpaired) electrons. The second-order valence-electron chi connectivity index (χ2n) is 4.34. The van der Waals surface area contributed by atoms with E-state index in [0.29, 0.717) is 27.9 Å². The Hall–Kier alpha value is -1.29. The molecule has 0 bridgehead atoms.